The molecule has 5 nitrogen and oxygen atoms in total. The van der Waals surface area contributed by atoms with Crippen molar-refractivity contribution in [3.8, 4) is 6.07 Å². The summed E-state index contributed by atoms with van der Waals surface area (Å²) in [4.78, 5) is 26.5. The molecule has 5 heteroatoms. The average Bonchev–Trinajstić information content (AvgIpc) is 2.68. The van der Waals surface area contributed by atoms with Gasteiger partial charge in [0.1, 0.15) is 0 Å². The Balaban J connectivity index is 1.77. The van der Waals surface area contributed by atoms with Gasteiger partial charge in [0.15, 0.2) is 0 Å². The molecular formula is C21H20N2O3. The lowest BCUT2D eigenvalue weighted by Crippen LogP contribution is -2.49. The van der Waals surface area contributed by atoms with E-state index in [9.17, 15) is 14.7 Å². The second-order valence-electron chi connectivity index (χ2n) is 6.58. The summed E-state index contributed by atoms with van der Waals surface area (Å²) in [6.45, 7) is 0.783. The highest BCUT2D eigenvalue weighted by molar-refractivity contribution is 5.94. The van der Waals surface area contributed by atoms with Gasteiger partial charge >= 0.3 is 5.97 Å². The van der Waals surface area contributed by atoms with Crippen molar-refractivity contribution in [1.29, 1.82) is 5.26 Å². The number of likely N-dealkylation sites (tertiary alicyclic amines) is 1. The summed E-state index contributed by atoms with van der Waals surface area (Å²) >= 11 is 0. The molecule has 2 aromatic carbocycles. The largest absolute Gasteiger partial charge is 0.481 e. The number of carboxylic acids is 1. The fourth-order valence-electron chi connectivity index (χ4n) is 3.56. The highest BCUT2D eigenvalue weighted by Crippen LogP contribution is 2.36. The lowest BCUT2D eigenvalue weighted by atomic mass is 9.72. The number of hydrogen-bond acceptors (Lipinski definition) is 3. The SMILES string of the molecule is N#CCc1cccc(C(=O)N2CCC(C(=O)O)(c3ccccc3)CC2)c1. The quantitative estimate of drug-likeness (QED) is 0.921. The zero-order chi connectivity index (χ0) is 18.6. The van der Waals surface area contributed by atoms with E-state index in [1.54, 1.807) is 23.1 Å². The van der Waals surface area contributed by atoms with Gasteiger partial charge in [-0.1, -0.05) is 42.5 Å². The lowest BCUT2D eigenvalue weighted by molar-refractivity contribution is -0.145. The van der Waals surface area contributed by atoms with Gasteiger partial charge in [-0.15, -0.1) is 0 Å². The number of piperidine rings is 1. The molecule has 0 radical (unpaired) electrons. The summed E-state index contributed by atoms with van der Waals surface area (Å²) < 4.78 is 0. The molecule has 1 fully saturated rings. The van der Waals surface area contributed by atoms with Crippen molar-refractivity contribution in [2.24, 2.45) is 0 Å². The zero-order valence-electron chi connectivity index (χ0n) is 14.4. The normalized spacial score (nSPS) is 15.9. The molecule has 0 aliphatic carbocycles. The molecule has 0 unspecified atom stereocenters. The predicted octanol–water partition coefficient (Wildman–Crippen LogP) is 3.01. The second-order valence-corrected chi connectivity index (χ2v) is 6.58. The van der Waals surface area contributed by atoms with Gasteiger partial charge in [0.25, 0.3) is 5.91 Å². The average molecular weight is 348 g/mol. The van der Waals surface area contributed by atoms with Crippen LogP contribution in [0, 0.1) is 11.3 Å². The Morgan fingerprint density at radius 3 is 2.38 bits per heavy atom. The summed E-state index contributed by atoms with van der Waals surface area (Å²) in [5.74, 6) is -0.955. The lowest BCUT2D eigenvalue weighted by Gasteiger charge is -2.39. The third-order valence-corrected chi connectivity index (χ3v) is 5.10. The first kappa shape index (κ1) is 17.7. The number of aliphatic carboxylic acids is 1. The summed E-state index contributed by atoms with van der Waals surface area (Å²) in [6.07, 6.45) is 1.03. The van der Waals surface area contributed by atoms with Crippen molar-refractivity contribution in [3.05, 3.63) is 71.3 Å². The number of amides is 1. The Bertz CT molecular complexity index is 847. The highest BCUT2D eigenvalue weighted by Gasteiger charge is 2.43. The van der Waals surface area contributed by atoms with E-state index in [1.165, 1.54) is 0 Å². The topological polar surface area (TPSA) is 81.4 Å². The van der Waals surface area contributed by atoms with E-state index in [-0.39, 0.29) is 12.3 Å². The van der Waals surface area contributed by atoms with E-state index in [0.717, 1.165) is 11.1 Å². The van der Waals surface area contributed by atoms with Crippen molar-refractivity contribution in [2.45, 2.75) is 24.7 Å². The standard InChI is InChI=1S/C21H20N2O3/c22-12-9-16-5-4-6-17(15-16)19(24)23-13-10-21(11-14-23,20(25)26)18-7-2-1-3-8-18/h1-8,15H,9-11,13-14H2,(H,25,26). The van der Waals surface area contributed by atoms with Crippen LogP contribution in [0.1, 0.15) is 34.3 Å². The van der Waals surface area contributed by atoms with Crippen LogP contribution in [0.25, 0.3) is 0 Å². The maximum Gasteiger partial charge on any atom is 0.314 e. The molecule has 1 aliphatic rings. The minimum Gasteiger partial charge on any atom is -0.481 e. The summed E-state index contributed by atoms with van der Waals surface area (Å²) in [5, 5.41) is 18.7. The van der Waals surface area contributed by atoms with E-state index >= 15 is 0 Å². The summed E-state index contributed by atoms with van der Waals surface area (Å²) in [6, 6.07) is 18.4. The van der Waals surface area contributed by atoms with Crippen LogP contribution in [0.2, 0.25) is 0 Å². The van der Waals surface area contributed by atoms with Crippen LogP contribution >= 0.6 is 0 Å². The molecule has 3 rings (SSSR count). The molecule has 1 N–H and O–H groups in total. The Morgan fingerprint density at radius 1 is 1.08 bits per heavy atom. The number of nitriles is 1. The van der Waals surface area contributed by atoms with Crippen LogP contribution in [-0.2, 0) is 16.6 Å². The van der Waals surface area contributed by atoms with Crippen molar-refractivity contribution in [3.63, 3.8) is 0 Å². The van der Waals surface area contributed by atoms with Crippen LogP contribution in [0.3, 0.4) is 0 Å². The number of rotatable bonds is 4. The molecule has 1 aliphatic heterocycles. The number of carboxylic acid groups (broad SMARTS) is 1. The van der Waals surface area contributed by atoms with Gasteiger partial charge in [0.05, 0.1) is 17.9 Å². The molecule has 26 heavy (non-hydrogen) atoms. The minimum absolute atomic E-state index is 0.114. The molecular weight excluding hydrogens is 328 g/mol. The second kappa shape index (κ2) is 7.40. The van der Waals surface area contributed by atoms with Crippen molar-refractivity contribution in [1.82, 2.24) is 4.90 Å². The molecule has 0 aromatic heterocycles. The van der Waals surface area contributed by atoms with Gasteiger partial charge in [-0.25, -0.2) is 0 Å². The van der Waals surface area contributed by atoms with Crippen LogP contribution in [0.15, 0.2) is 54.6 Å². The third-order valence-electron chi connectivity index (χ3n) is 5.10. The number of carbonyl (C=O) groups is 2. The van der Waals surface area contributed by atoms with Crippen LogP contribution in [0.5, 0.6) is 0 Å². The number of nitrogens with zero attached hydrogens (tertiary/aromatic N) is 2. The Hall–Kier alpha value is -3.13. The Labute approximate surface area is 152 Å². The van der Waals surface area contributed by atoms with E-state index in [2.05, 4.69) is 6.07 Å². The van der Waals surface area contributed by atoms with E-state index in [4.69, 9.17) is 5.26 Å². The van der Waals surface area contributed by atoms with Gasteiger partial charge < -0.3 is 10.0 Å². The van der Waals surface area contributed by atoms with E-state index in [0.29, 0.717) is 31.5 Å². The number of hydrogen-bond donors (Lipinski definition) is 1. The maximum atomic E-state index is 12.8. The smallest absolute Gasteiger partial charge is 0.314 e. The Kier molecular flexibility index (Phi) is 5.04. The molecule has 0 atom stereocenters. The molecule has 1 amide bonds. The van der Waals surface area contributed by atoms with Crippen molar-refractivity contribution in [2.75, 3.05) is 13.1 Å². The molecule has 0 saturated carbocycles. The first-order valence-corrected chi connectivity index (χ1v) is 8.61. The van der Waals surface area contributed by atoms with Gasteiger partial charge in [-0.2, -0.15) is 5.26 Å². The maximum absolute atomic E-state index is 12.8. The fraction of sp³-hybridized carbons (Fsp3) is 0.286. The molecule has 0 bridgehead atoms. The first-order valence-electron chi connectivity index (χ1n) is 8.61. The molecule has 132 valence electrons. The van der Waals surface area contributed by atoms with Crippen LogP contribution < -0.4 is 0 Å². The molecule has 2 aromatic rings. The van der Waals surface area contributed by atoms with Crippen LogP contribution in [-0.4, -0.2) is 35.0 Å². The molecule has 1 heterocycles. The minimum atomic E-state index is -0.944. The molecule has 0 spiro atoms. The predicted molar refractivity (Wildman–Crippen MR) is 96.7 cm³/mol. The summed E-state index contributed by atoms with van der Waals surface area (Å²) in [7, 11) is 0. The third kappa shape index (κ3) is 3.31. The monoisotopic (exact) mass is 348 g/mol. The number of benzene rings is 2. The first-order chi connectivity index (χ1) is 12.6. The van der Waals surface area contributed by atoms with Crippen molar-refractivity contribution < 1.29 is 14.7 Å². The molecule has 1 saturated heterocycles. The van der Waals surface area contributed by atoms with Gasteiger partial charge in [-0.3, -0.25) is 9.59 Å². The van der Waals surface area contributed by atoms with Gasteiger partial charge in [0.2, 0.25) is 0 Å². The zero-order valence-corrected chi connectivity index (χ0v) is 14.4. The van der Waals surface area contributed by atoms with Gasteiger partial charge in [-0.05, 0) is 36.1 Å². The highest BCUT2D eigenvalue weighted by atomic mass is 16.4. The van der Waals surface area contributed by atoms with E-state index in [1.807, 2.05) is 36.4 Å². The van der Waals surface area contributed by atoms with Gasteiger partial charge in [0, 0.05) is 18.7 Å². The Morgan fingerprint density at radius 2 is 1.77 bits per heavy atom. The van der Waals surface area contributed by atoms with Crippen molar-refractivity contribution >= 4 is 11.9 Å². The van der Waals surface area contributed by atoms with E-state index < -0.39 is 11.4 Å². The van der Waals surface area contributed by atoms with Crippen LogP contribution in [0.4, 0.5) is 0 Å². The fourth-order valence-corrected chi connectivity index (χ4v) is 3.56. The number of carbonyl (C=O) groups excluding carboxylic acids is 1. The summed E-state index contributed by atoms with van der Waals surface area (Å²) in [5.41, 5.74) is 1.19.